The molecule has 0 spiro atoms. The highest BCUT2D eigenvalue weighted by atomic mass is 32.1. The zero-order valence-electron chi connectivity index (χ0n) is 23.0. The molecular weight excluding hydrogens is 530 g/mol. The molecule has 5 rings (SSSR count). The number of rotatable bonds is 9. The molecule has 214 valence electrons. The van der Waals surface area contributed by atoms with Crippen LogP contribution >= 0.6 is 11.3 Å². The van der Waals surface area contributed by atoms with Crippen molar-refractivity contribution in [3.63, 3.8) is 0 Å². The lowest BCUT2D eigenvalue weighted by molar-refractivity contribution is -0.0498. The molecule has 0 saturated carbocycles. The molecule has 40 heavy (non-hydrogen) atoms. The van der Waals surface area contributed by atoms with Crippen LogP contribution in [0.4, 0.5) is 20.4 Å². The Morgan fingerprint density at radius 2 is 1.80 bits per heavy atom. The Kier molecular flexibility index (Phi) is 9.59. The van der Waals surface area contributed by atoms with E-state index >= 15 is 0 Å². The van der Waals surface area contributed by atoms with Crippen LogP contribution in [0.1, 0.15) is 71.9 Å². The number of piperidine rings is 1. The van der Waals surface area contributed by atoms with Gasteiger partial charge in [-0.15, -0.1) is 11.3 Å². The number of likely N-dealkylation sites (tertiary alicyclic amines) is 1. The minimum Gasteiger partial charge on any atom is -0.435 e. The molecule has 2 aromatic heterocycles. The number of nitrogens with one attached hydrogen (secondary N) is 2. The average molecular weight is 569 g/mol. The quantitative estimate of drug-likeness (QED) is 0.278. The summed E-state index contributed by atoms with van der Waals surface area (Å²) < 4.78 is 29.3. The van der Waals surface area contributed by atoms with Crippen molar-refractivity contribution in [2.45, 2.75) is 64.0 Å². The van der Waals surface area contributed by atoms with Crippen LogP contribution < -0.4 is 15.0 Å². The Bertz CT molecular complexity index is 1260. The van der Waals surface area contributed by atoms with Crippen LogP contribution in [0.5, 0.6) is 5.75 Å². The third kappa shape index (κ3) is 7.14. The summed E-state index contributed by atoms with van der Waals surface area (Å²) in [6.07, 6.45) is 10.2. The fourth-order valence-corrected chi connectivity index (χ4v) is 6.66. The summed E-state index contributed by atoms with van der Waals surface area (Å²) in [6.45, 7) is 1.86. The van der Waals surface area contributed by atoms with Crippen molar-refractivity contribution < 1.29 is 13.5 Å². The predicted octanol–water partition coefficient (Wildman–Crippen LogP) is 6.75. The maximum absolute atomic E-state index is 12.4. The van der Waals surface area contributed by atoms with Crippen LogP contribution in [0.25, 0.3) is 0 Å². The molecule has 2 aliphatic heterocycles. The van der Waals surface area contributed by atoms with E-state index in [4.69, 9.17) is 15.4 Å². The van der Waals surface area contributed by atoms with Crippen molar-refractivity contribution in [2.24, 2.45) is 0 Å². The minimum atomic E-state index is -2.81. The van der Waals surface area contributed by atoms with Crippen molar-refractivity contribution in [1.29, 1.82) is 5.41 Å². The van der Waals surface area contributed by atoms with Gasteiger partial charge in [0.15, 0.2) is 0 Å². The molecule has 0 amide bonds. The first kappa shape index (κ1) is 28.4. The first-order valence-corrected chi connectivity index (χ1v) is 15.1. The molecule has 0 bridgehead atoms. The summed E-state index contributed by atoms with van der Waals surface area (Å²) in [5.41, 5.74) is 2.30. The van der Waals surface area contributed by atoms with Gasteiger partial charge in [-0.2, -0.15) is 8.78 Å². The number of benzene rings is 1. The molecule has 1 unspecified atom stereocenters. The highest BCUT2D eigenvalue weighted by Crippen LogP contribution is 2.33. The summed E-state index contributed by atoms with van der Waals surface area (Å²) >= 11 is 1.60. The number of pyridine rings is 1. The Morgan fingerprint density at radius 1 is 1.05 bits per heavy atom. The van der Waals surface area contributed by atoms with Gasteiger partial charge in [0, 0.05) is 50.9 Å². The van der Waals surface area contributed by atoms with E-state index in [-0.39, 0.29) is 5.75 Å². The number of hydrogen-bond donors (Lipinski definition) is 2. The van der Waals surface area contributed by atoms with E-state index in [1.54, 1.807) is 23.5 Å². The van der Waals surface area contributed by atoms with Crippen molar-refractivity contribution in [3.8, 4) is 5.75 Å². The monoisotopic (exact) mass is 568 g/mol. The van der Waals surface area contributed by atoms with Crippen molar-refractivity contribution in [3.05, 3.63) is 63.6 Å². The number of ether oxygens (including phenoxy) is 1. The summed E-state index contributed by atoms with van der Waals surface area (Å²) in [5, 5.41) is 13.3. The third-order valence-electron chi connectivity index (χ3n) is 7.75. The van der Waals surface area contributed by atoms with Crippen molar-refractivity contribution in [1.82, 2.24) is 14.9 Å². The molecule has 2 fully saturated rings. The van der Waals surface area contributed by atoms with E-state index in [9.17, 15) is 8.78 Å². The molecule has 2 saturated heterocycles. The average Bonchev–Trinajstić information content (AvgIpc) is 3.44. The number of alkyl halides is 2. The van der Waals surface area contributed by atoms with E-state index in [0.29, 0.717) is 11.6 Å². The molecule has 4 heterocycles. The molecule has 1 aromatic carbocycles. The third-order valence-corrected chi connectivity index (χ3v) is 8.92. The first-order chi connectivity index (χ1) is 19.5. The van der Waals surface area contributed by atoms with Gasteiger partial charge in [-0.25, -0.2) is 9.97 Å². The van der Waals surface area contributed by atoms with Crippen molar-refractivity contribution in [2.75, 3.05) is 43.4 Å². The summed E-state index contributed by atoms with van der Waals surface area (Å²) in [4.78, 5) is 15.3. The fraction of sp³-hybridized carbons (Fsp3) is 0.500. The zero-order chi connectivity index (χ0) is 27.9. The molecule has 7 nitrogen and oxygen atoms in total. The topological polar surface area (TPSA) is 77.4 Å². The van der Waals surface area contributed by atoms with Crippen LogP contribution in [0.15, 0.2) is 42.6 Å². The summed E-state index contributed by atoms with van der Waals surface area (Å²) in [5.74, 6) is 2.19. The van der Waals surface area contributed by atoms with Crippen LogP contribution in [-0.4, -0.2) is 60.4 Å². The highest BCUT2D eigenvalue weighted by Gasteiger charge is 2.25. The second-order valence-corrected chi connectivity index (χ2v) is 11.7. The Labute approximate surface area is 239 Å². The van der Waals surface area contributed by atoms with Crippen LogP contribution in [-0.2, 0) is 6.54 Å². The second-order valence-electron chi connectivity index (χ2n) is 10.6. The number of aromatic nitrogens is 2. The van der Waals surface area contributed by atoms with E-state index in [1.165, 1.54) is 32.1 Å². The smallest absolute Gasteiger partial charge is 0.387 e. The second kappa shape index (κ2) is 13.5. The van der Waals surface area contributed by atoms with E-state index in [0.717, 1.165) is 78.2 Å². The van der Waals surface area contributed by atoms with Gasteiger partial charge in [0.1, 0.15) is 17.4 Å². The predicted molar refractivity (Wildman–Crippen MR) is 157 cm³/mol. The summed E-state index contributed by atoms with van der Waals surface area (Å²) in [7, 11) is 1.87. The van der Waals surface area contributed by atoms with Crippen molar-refractivity contribution >= 4 is 28.7 Å². The van der Waals surface area contributed by atoms with Gasteiger partial charge in [0.25, 0.3) is 0 Å². The number of thiazole rings is 1. The fourth-order valence-electron chi connectivity index (χ4n) is 5.65. The van der Waals surface area contributed by atoms with Crippen LogP contribution in [0.3, 0.4) is 0 Å². The molecule has 2 N–H and O–H groups in total. The maximum Gasteiger partial charge on any atom is 0.387 e. The lowest BCUT2D eigenvalue weighted by Crippen LogP contribution is -2.33. The van der Waals surface area contributed by atoms with Crippen LogP contribution in [0.2, 0.25) is 0 Å². The molecule has 10 heteroatoms. The largest absolute Gasteiger partial charge is 0.435 e. The maximum atomic E-state index is 12.4. The van der Waals surface area contributed by atoms with E-state index in [2.05, 4.69) is 25.9 Å². The standard InChI is InChI=1S/C30H38F2N6OS/c1-34-28-24(13-14-26(36-28)38-16-5-3-2-4-6-17-38)27(33)25-18-35-29(40-25)22-8-7-15-37(20-22)19-21-9-11-23(12-10-21)39-30(31)32/h9-14,18,22,30,33H,2-8,15-17,19-20H2,1H3,(H,34,36). The zero-order valence-corrected chi connectivity index (χ0v) is 23.9. The normalized spacial score (nSPS) is 18.8. The van der Waals surface area contributed by atoms with Gasteiger partial charge in [-0.1, -0.05) is 31.4 Å². The molecule has 0 aliphatic carbocycles. The van der Waals surface area contributed by atoms with Gasteiger partial charge in [-0.3, -0.25) is 10.3 Å². The number of halogens is 2. The van der Waals surface area contributed by atoms with Gasteiger partial charge in [0.2, 0.25) is 0 Å². The van der Waals surface area contributed by atoms with Gasteiger partial charge < -0.3 is 15.0 Å². The van der Waals surface area contributed by atoms with Gasteiger partial charge in [0.05, 0.1) is 15.6 Å². The highest BCUT2D eigenvalue weighted by molar-refractivity contribution is 7.14. The lowest BCUT2D eigenvalue weighted by Gasteiger charge is -2.31. The van der Waals surface area contributed by atoms with Gasteiger partial charge >= 0.3 is 6.61 Å². The number of nitrogens with zero attached hydrogens (tertiary/aromatic N) is 4. The Hall–Kier alpha value is -3.11. The summed E-state index contributed by atoms with van der Waals surface area (Å²) in [6, 6.07) is 11.0. The number of hydrogen-bond acceptors (Lipinski definition) is 8. The van der Waals surface area contributed by atoms with E-state index in [1.807, 2.05) is 31.4 Å². The molecule has 0 radical (unpaired) electrons. The Balaban J connectivity index is 1.23. The van der Waals surface area contributed by atoms with E-state index < -0.39 is 6.61 Å². The lowest BCUT2D eigenvalue weighted by atomic mass is 9.98. The molecule has 3 aromatic rings. The molecular formula is C30H38F2N6OS. The first-order valence-electron chi connectivity index (χ1n) is 14.2. The SMILES string of the molecule is CNc1nc(N2CCCCCCC2)ccc1C(=N)c1cnc(C2CCCN(Cc3ccc(OC(F)F)cc3)C2)s1. The van der Waals surface area contributed by atoms with Crippen LogP contribution in [0, 0.1) is 5.41 Å². The van der Waals surface area contributed by atoms with Gasteiger partial charge in [-0.05, 0) is 62.1 Å². The minimum absolute atomic E-state index is 0.177. The molecule has 1 atom stereocenters. The Morgan fingerprint density at radius 3 is 2.52 bits per heavy atom. The molecule has 2 aliphatic rings. The number of anilines is 2.